The number of pyridine rings is 1. The summed E-state index contributed by atoms with van der Waals surface area (Å²) in [6, 6.07) is 14.0. The van der Waals surface area contributed by atoms with Crippen LogP contribution in [-0.2, 0) is 0 Å². The maximum atomic E-state index is 4.22. The normalized spacial score (nSPS) is 9.88. The molecular formula is C13H15N3. The summed E-state index contributed by atoms with van der Waals surface area (Å²) < 4.78 is 0. The van der Waals surface area contributed by atoms with Gasteiger partial charge in [-0.3, -0.25) is 10.4 Å². The molecule has 1 aromatic carbocycles. The van der Waals surface area contributed by atoms with Crippen molar-refractivity contribution in [3.05, 3.63) is 54.2 Å². The summed E-state index contributed by atoms with van der Waals surface area (Å²) in [5.74, 6) is 0.841. The van der Waals surface area contributed by atoms with E-state index in [4.69, 9.17) is 0 Å². The van der Waals surface area contributed by atoms with Gasteiger partial charge < -0.3 is 0 Å². The summed E-state index contributed by atoms with van der Waals surface area (Å²) in [6.45, 7) is 2.09. The molecule has 1 aromatic heterocycles. The Morgan fingerprint density at radius 1 is 1.06 bits per heavy atom. The van der Waals surface area contributed by atoms with Gasteiger partial charge in [-0.15, -0.1) is 0 Å². The zero-order valence-electron chi connectivity index (χ0n) is 9.51. The summed E-state index contributed by atoms with van der Waals surface area (Å²) in [4.78, 5) is 4.22. The first kappa shape index (κ1) is 10.5. The Morgan fingerprint density at radius 3 is 2.50 bits per heavy atom. The predicted octanol–water partition coefficient (Wildman–Crippen LogP) is 2.85. The van der Waals surface area contributed by atoms with Crippen molar-refractivity contribution in [1.29, 1.82) is 0 Å². The lowest BCUT2D eigenvalue weighted by Gasteiger charge is -2.22. The van der Waals surface area contributed by atoms with Crippen LogP contribution in [0.2, 0.25) is 0 Å². The van der Waals surface area contributed by atoms with Gasteiger partial charge in [0.25, 0.3) is 0 Å². The summed E-state index contributed by atoms with van der Waals surface area (Å²) in [7, 11) is 1.98. The van der Waals surface area contributed by atoms with Crippen LogP contribution in [0.1, 0.15) is 5.56 Å². The van der Waals surface area contributed by atoms with Crippen LogP contribution in [0.4, 0.5) is 11.5 Å². The zero-order chi connectivity index (χ0) is 11.4. The van der Waals surface area contributed by atoms with Crippen LogP contribution >= 0.6 is 0 Å². The number of anilines is 2. The standard InChI is InChI=1S/C13H15N3/c1-11-7-3-4-8-12(11)16(2)15-13-9-5-6-10-14-13/h3-10H,1-2H3,(H,14,15). The van der Waals surface area contributed by atoms with Crippen molar-refractivity contribution in [3.8, 4) is 0 Å². The predicted molar refractivity (Wildman–Crippen MR) is 67.4 cm³/mol. The second-order valence-electron chi connectivity index (χ2n) is 3.67. The summed E-state index contributed by atoms with van der Waals surface area (Å²) in [5.41, 5.74) is 5.60. The topological polar surface area (TPSA) is 28.2 Å². The van der Waals surface area contributed by atoms with Gasteiger partial charge >= 0.3 is 0 Å². The molecule has 0 atom stereocenters. The van der Waals surface area contributed by atoms with Gasteiger partial charge in [-0.05, 0) is 30.7 Å². The van der Waals surface area contributed by atoms with Crippen LogP contribution < -0.4 is 10.4 Å². The summed E-state index contributed by atoms with van der Waals surface area (Å²) in [6.07, 6.45) is 1.77. The number of hydrogen-bond donors (Lipinski definition) is 1. The van der Waals surface area contributed by atoms with Crippen LogP contribution in [0.25, 0.3) is 0 Å². The van der Waals surface area contributed by atoms with Gasteiger partial charge in [-0.2, -0.15) is 0 Å². The van der Waals surface area contributed by atoms with E-state index in [1.54, 1.807) is 6.20 Å². The molecule has 3 nitrogen and oxygen atoms in total. The lowest BCUT2D eigenvalue weighted by atomic mass is 10.2. The molecule has 0 radical (unpaired) electrons. The van der Waals surface area contributed by atoms with Crippen molar-refractivity contribution in [2.24, 2.45) is 0 Å². The Bertz CT molecular complexity index is 454. The minimum absolute atomic E-state index is 0.841. The molecule has 0 unspecified atom stereocenters. The molecule has 0 saturated carbocycles. The van der Waals surface area contributed by atoms with Gasteiger partial charge in [0.05, 0.1) is 5.69 Å². The Balaban J connectivity index is 2.15. The smallest absolute Gasteiger partial charge is 0.144 e. The SMILES string of the molecule is Cc1ccccc1N(C)Nc1ccccn1. The third-order valence-electron chi connectivity index (χ3n) is 2.42. The van der Waals surface area contributed by atoms with Crippen LogP contribution in [0, 0.1) is 6.92 Å². The first-order valence-electron chi connectivity index (χ1n) is 5.24. The monoisotopic (exact) mass is 213 g/mol. The van der Waals surface area contributed by atoms with E-state index in [9.17, 15) is 0 Å². The molecule has 0 spiro atoms. The quantitative estimate of drug-likeness (QED) is 0.795. The lowest BCUT2D eigenvalue weighted by Crippen LogP contribution is -2.25. The van der Waals surface area contributed by atoms with E-state index in [-0.39, 0.29) is 0 Å². The molecule has 0 fully saturated rings. The second kappa shape index (κ2) is 4.66. The van der Waals surface area contributed by atoms with Gasteiger partial charge in [-0.25, -0.2) is 4.98 Å². The van der Waals surface area contributed by atoms with E-state index in [2.05, 4.69) is 29.5 Å². The highest BCUT2D eigenvalue weighted by atomic mass is 15.5. The van der Waals surface area contributed by atoms with Crippen molar-refractivity contribution >= 4 is 11.5 Å². The summed E-state index contributed by atoms with van der Waals surface area (Å²) >= 11 is 0. The van der Waals surface area contributed by atoms with Gasteiger partial charge in [-0.1, -0.05) is 24.3 Å². The van der Waals surface area contributed by atoms with Crippen molar-refractivity contribution in [3.63, 3.8) is 0 Å². The molecule has 0 saturated heterocycles. The molecule has 2 rings (SSSR count). The van der Waals surface area contributed by atoms with Gasteiger partial charge in [0.1, 0.15) is 5.82 Å². The van der Waals surface area contributed by atoms with Crippen molar-refractivity contribution < 1.29 is 0 Å². The Labute approximate surface area is 95.7 Å². The maximum Gasteiger partial charge on any atom is 0.144 e. The first-order valence-corrected chi connectivity index (χ1v) is 5.24. The van der Waals surface area contributed by atoms with Gasteiger partial charge in [0, 0.05) is 13.2 Å². The molecule has 1 heterocycles. The molecule has 0 aliphatic carbocycles. The fourth-order valence-electron chi connectivity index (χ4n) is 1.60. The number of para-hydroxylation sites is 1. The molecule has 3 heteroatoms. The number of rotatable bonds is 3. The van der Waals surface area contributed by atoms with Gasteiger partial charge in [0.15, 0.2) is 0 Å². The number of aromatic nitrogens is 1. The number of benzene rings is 1. The molecule has 1 N–H and O–H groups in total. The van der Waals surface area contributed by atoms with Crippen LogP contribution in [0.15, 0.2) is 48.7 Å². The number of nitrogens with one attached hydrogen (secondary N) is 1. The molecular weight excluding hydrogens is 198 g/mol. The van der Waals surface area contributed by atoms with Gasteiger partial charge in [0.2, 0.25) is 0 Å². The third kappa shape index (κ3) is 2.31. The number of aryl methyl sites for hydroxylation is 1. The van der Waals surface area contributed by atoms with E-state index in [1.807, 2.05) is 42.4 Å². The molecule has 0 amide bonds. The zero-order valence-corrected chi connectivity index (χ0v) is 9.51. The van der Waals surface area contributed by atoms with E-state index in [0.717, 1.165) is 11.5 Å². The number of nitrogens with zero attached hydrogens (tertiary/aromatic N) is 2. The number of hydrazine groups is 1. The molecule has 2 aromatic rings. The minimum atomic E-state index is 0.841. The Kier molecular flexibility index (Phi) is 3.05. The molecule has 16 heavy (non-hydrogen) atoms. The lowest BCUT2D eigenvalue weighted by molar-refractivity contribution is 1.05. The highest BCUT2D eigenvalue weighted by Gasteiger charge is 2.03. The Morgan fingerprint density at radius 2 is 1.81 bits per heavy atom. The van der Waals surface area contributed by atoms with Crippen LogP contribution in [0.3, 0.4) is 0 Å². The fourth-order valence-corrected chi connectivity index (χ4v) is 1.60. The largest absolute Gasteiger partial charge is 0.289 e. The summed E-state index contributed by atoms with van der Waals surface area (Å²) in [5, 5.41) is 1.97. The second-order valence-corrected chi connectivity index (χ2v) is 3.67. The van der Waals surface area contributed by atoms with Crippen LogP contribution in [0.5, 0.6) is 0 Å². The maximum absolute atomic E-state index is 4.22. The van der Waals surface area contributed by atoms with E-state index in [1.165, 1.54) is 5.56 Å². The van der Waals surface area contributed by atoms with E-state index >= 15 is 0 Å². The molecule has 0 aliphatic rings. The first-order chi connectivity index (χ1) is 7.77. The molecule has 82 valence electrons. The Hall–Kier alpha value is -2.03. The van der Waals surface area contributed by atoms with E-state index in [0.29, 0.717) is 0 Å². The average Bonchev–Trinajstić information content (AvgIpc) is 2.31. The molecule has 0 aliphatic heterocycles. The highest BCUT2D eigenvalue weighted by Crippen LogP contribution is 2.18. The number of hydrogen-bond acceptors (Lipinski definition) is 3. The average molecular weight is 213 g/mol. The highest BCUT2D eigenvalue weighted by molar-refractivity contribution is 5.56. The van der Waals surface area contributed by atoms with Crippen LogP contribution in [-0.4, -0.2) is 12.0 Å². The van der Waals surface area contributed by atoms with Crippen molar-refractivity contribution in [1.82, 2.24) is 4.98 Å². The van der Waals surface area contributed by atoms with Crippen molar-refractivity contribution in [2.45, 2.75) is 6.92 Å². The molecule has 0 bridgehead atoms. The fraction of sp³-hybridized carbons (Fsp3) is 0.154. The minimum Gasteiger partial charge on any atom is -0.289 e. The van der Waals surface area contributed by atoms with Crippen molar-refractivity contribution in [2.75, 3.05) is 17.5 Å². The third-order valence-corrected chi connectivity index (χ3v) is 2.42. The van der Waals surface area contributed by atoms with E-state index < -0.39 is 0 Å².